The molecule has 3 rings (SSSR count). The largest absolute Gasteiger partial charge is 0.269 e. The Labute approximate surface area is 104 Å². The van der Waals surface area contributed by atoms with E-state index in [9.17, 15) is 0 Å². The zero-order valence-corrected chi connectivity index (χ0v) is 11.2. The molecule has 2 saturated carbocycles. The Kier molecular flexibility index (Phi) is 2.97. The standard InChI is InChI=1S/C15H24N2/c1-3-14-9-15(4-2)17(16-14)10-13-8-11-5-6-12(13)7-11/h9,11-13H,3-8,10H2,1-2H3. The van der Waals surface area contributed by atoms with Crippen LogP contribution in [-0.2, 0) is 19.4 Å². The van der Waals surface area contributed by atoms with Gasteiger partial charge in [-0.25, -0.2) is 0 Å². The molecule has 2 aliphatic rings. The molecular formula is C15H24N2. The molecule has 0 aromatic carbocycles. The Morgan fingerprint density at radius 3 is 2.71 bits per heavy atom. The maximum atomic E-state index is 4.76. The molecule has 0 spiro atoms. The minimum atomic E-state index is 0.920. The van der Waals surface area contributed by atoms with Gasteiger partial charge >= 0.3 is 0 Å². The third kappa shape index (κ3) is 2.02. The fourth-order valence-corrected chi connectivity index (χ4v) is 3.95. The minimum absolute atomic E-state index is 0.920. The fraction of sp³-hybridized carbons (Fsp3) is 0.800. The van der Waals surface area contributed by atoms with Gasteiger partial charge in [-0.15, -0.1) is 0 Å². The topological polar surface area (TPSA) is 17.8 Å². The number of fused-ring (bicyclic) bond motifs is 2. The smallest absolute Gasteiger partial charge is 0.0624 e. The number of hydrogen-bond donors (Lipinski definition) is 0. The monoisotopic (exact) mass is 232 g/mol. The maximum absolute atomic E-state index is 4.76. The molecule has 3 unspecified atom stereocenters. The zero-order chi connectivity index (χ0) is 11.8. The lowest BCUT2D eigenvalue weighted by Crippen LogP contribution is -2.19. The second-order valence-corrected chi connectivity index (χ2v) is 5.95. The summed E-state index contributed by atoms with van der Waals surface area (Å²) >= 11 is 0. The van der Waals surface area contributed by atoms with E-state index in [0.717, 1.165) is 30.6 Å². The molecule has 1 aromatic heterocycles. The molecule has 0 saturated heterocycles. The molecule has 2 heteroatoms. The number of nitrogens with zero attached hydrogens (tertiary/aromatic N) is 2. The molecule has 0 N–H and O–H groups in total. The van der Waals surface area contributed by atoms with Crippen LogP contribution in [0.5, 0.6) is 0 Å². The van der Waals surface area contributed by atoms with E-state index in [0.29, 0.717) is 0 Å². The van der Waals surface area contributed by atoms with Crippen LogP contribution in [0.25, 0.3) is 0 Å². The molecule has 2 nitrogen and oxygen atoms in total. The quantitative estimate of drug-likeness (QED) is 0.777. The lowest BCUT2D eigenvalue weighted by molar-refractivity contribution is 0.282. The third-order valence-corrected chi connectivity index (χ3v) is 4.93. The van der Waals surface area contributed by atoms with Gasteiger partial charge in [0.05, 0.1) is 5.69 Å². The summed E-state index contributed by atoms with van der Waals surface area (Å²) in [7, 11) is 0. The van der Waals surface area contributed by atoms with E-state index in [2.05, 4.69) is 24.6 Å². The van der Waals surface area contributed by atoms with Gasteiger partial charge in [0, 0.05) is 12.2 Å². The molecule has 0 radical (unpaired) electrons. The van der Waals surface area contributed by atoms with E-state index >= 15 is 0 Å². The second-order valence-electron chi connectivity index (χ2n) is 5.95. The van der Waals surface area contributed by atoms with Crippen molar-refractivity contribution in [2.75, 3.05) is 0 Å². The van der Waals surface area contributed by atoms with Gasteiger partial charge < -0.3 is 0 Å². The van der Waals surface area contributed by atoms with Crippen LogP contribution in [0.2, 0.25) is 0 Å². The molecule has 2 aliphatic carbocycles. The number of rotatable bonds is 4. The highest BCUT2D eigenvalue weighted by molar-refractivity contribution is 5.10. The number of hydrogen-bond acceptors (Lipinski definition) is 1. The van der Waals surface area contributed by atoms with Crippen molar-refractivity contribution in [3.8, 4) is 0 Å². The van der Waals surface area contributed by atoms with Crippen LogP contribution >= 0.6 is 0 Å². The lowest BCUT2D eigenvalue weighted by atomic mass is 9.89. The van der Waals surface area contributed by atoms with Gasteiger partial charge in [-0.05, 0) is 55.9 Å². The van der Waals surface area contributed by atoms with Gasteiger partial charge in [-0.3, -0.25) is 4.68 Å². The fourth-order valence-electron chi connectivity index (χ4n) is 3.95. The van der Waals surface area contributed by atoms with Crippen molar-refractivity contribution in [1.82, 2.24) is 9.78 Å². The summed E-state index contributed by atoms with van der Waals surface area (Å²) < 4.78 is 2.31. The van der Waals surface area contributed by atoms with Crippen molar-refractivity contribution >= 4 is 0 Å². The average molecular weight is 232 g/mol. The zero-order valence-electron chi connectivity index (χ0n) is 11.2. The summed E-state index contributed by atoms with van der Waals surface area (Å²) in [6, 6.07) is 2.30. The number of aromatic nitrogens is 2. The molecule has 3 atom stereocenters. The molecule has 1 aromatic rings. The lowest BCUT2D eigenvalue weighted by Gasteiger charge is -2.22. The molecule has 17 heavy (non-hydrogen) atoms. The Morgan fingerprint density at radius 2 is 2.12 bits per heavy atom. The van der Waals surface area contributed by atoms with Crippen molar-refractivity contribution in [3.63, 3.8) is 0 Å². The van der Waals surface area contributed by atoms with Crippen LogP contribution in [0.15, 0.2) is 6.07 Å². The van der Waals surface area contributed by atoms with Crippen LogP contribution in [-0.4, -0.2) is 9.78 Å². The SMILES string of the molecule is CCc1cc(CC)n(CC2CC3CCC2C3)n1. The normalized spacial score (nSPS) is 31.3. The van der Waals surface area contributed by atoms with Crippen LogP contribution in [0.1, 0.15) is 50.9 Å². The van der Waals surface area contributed by atoms with Crippen molar-refractivity contribution in [2.24, 2.45) is 17.8 Å². The van der Waals surface area contributed by atoms with Crippen LogP contribution in [0, 0.1) is 17.8 Å². The first-order valence-electron chi connectivity index (χ1n) is 7.35. The molecule has 2 bridgehead atoms. The summed E-state index contributed by atoms with van der Waals surface area (Å²) in [6.07, 6.45) is 8.15. The van der Waals surface area contributed by atoms with Crippen LogP contribution in [0.3, 0.4) is 0 Å². The summed E-state index contributed by atoms with van der Waals surface area (Å²) in [4.78, 5) is 0. The highest BCUT2D eigenvalue weighted by Crippen LogP contribution is 2.48. The molecule has 94 valence electrons. The maximum Gasteiger partial charge on any atom is 0.0624 e. The van der Waals surface area contributed by atoms with E-state index in [1.54, 1.807) is 0 Å². The van der Waals surface area contributed by atoms with Crippen molar-refractivity contribution in [3.05, 3.63) is 17.5 Å². The summed E-state index contributed by atoms with van der Waals surface area (Å²) in [5, 5.41) is 4.76. The van der Waals surface area contributed by atoms with Crippen LogP contribution < -0.4 is 0 Å². The Morgan fingerprint density at radius 1 is 1.24 bits per heavy atom. The van der Waals surface area contributed by atoms with E-state index in [1.807, 2.05) is 0 Å². The molecule has 1 heterocycles. The average Bonchev–Trinajstić information content (AvgIpc) is 3.03. The van der Waals surface area contributed by atoms with Crippen molar-refractivity contribution in [1.29, 1.82) is 0 Å². The van der Waals surface area contributed by atoms with Gasteiger partial charge in [0.25, 0.3) is 0 Å². The number of aryl methyl sites for hydroxylation is 2. The van der Waals surface area contributed by atoms with Crippen molar-refractivity contribution in [2.45, 2.75) is 58.9 Å². The Hall–Kier alpha value is -0.790. The second kappa shape index (κ2) is 4.47. The van der Waals surface area contributed by atoms with Crippen molar-refractivity contribution < 1.29 is 0 Å². The molecule has 0 aliphatic heterocycles. The first-order valence-corrected chi connectivity index (χ1v) is 7.35. The minimum Gasteiger partial charge on any atom is -0.269 e. The highest BCUT2D eigenvalue weighted by Gasteiger charge is 2.39. The molecular weight excluding hydrogens is 208 g/mol. The van der Waals surface area contributed by atoms with Crippen LogP contribution in [0.4, 0.5) is 0 Å². The highest BCUT2D eigenvalue weighted by atomic mass is 15.3. The Bertz CT molecular complexity index is 394. The summed E-state index contributed by atoms with van der Waals surface area (Å²) in [5.74, 6) is 2.99. The van der Waals surface area contributed by atoms with E-state index in [4.69, 9.17) is 5.10 Å². The van der Waals surface area contributed by atoms with Gasteiger partial charge in [0.1, 0.15) is 0 Å². The van der Waals surface area contributed by atoms with Gasteiger partial charge in [-0.1, -0.05) is 20.3 Å². The first kappa shape index (κ1) is 11.3. The van der Waals surface area contributed by atoms with Gasteiger partial charge in [-0.2, -0.15) is 5.10 Å². The summed E-state index contributed by atoms with van der Waals surface area (Å²) in [6.45, 7) is 5.63. The van der Waals surface area contributed by atoms with Gasteiger partial charge in [0.15, 0.2) is 0 Å². The third-order valence-electron chi connectivity index (χ3n) is 4.93. The predicted molar refractivity (Wildman–Crippen MR) is 69.9 cm³/mol. The molecule has 2 fully saturated rings. The van der Waals surface area contributed by atoms with E-state index < -0.39 is 0 Å². The molecule has 0 amide bonds. The predicted octanol–water partition coefficient (Wildman–Crippen LogP) is 3.44. The Balaban J connectivity index is 1.73. The van der Waals surface area contributed by atoms with E-state index in [1.165, 1.54) is 43.6 Å². The summed E-state index contributed by atoms with van der Waals surface area (Å²) in [5.41, 5.74) is 2.70. The van der Waals surface area contributed by atoms with E-state index in [-0.39, 0.29) is 0 Å². The first-order chi connectivity index (χ1) is 8.30. The van der Waals surface area contributed by atoms with Gasteiger partial charge in [0.2, 0.25) is 0 Å².